The zero-order valence-corrected chi connectivity index (χ0v) is 19.1. The van der Waals surface area contributed by atoms with Crippen LogP contribution in [0.1, 0.15) is 28.8 Å². The van der Waals surface area contributed by atoms with E-state index in [1.54, 1.807) is 42.5 Å². The molecule has 2 aromatic carbocycles. The molecule has 2 rings (SSSR count). The van der Waals surface area contributed by atoms with E-state index in [-0.39, 0.29) is 31.3 Å². The molecule has 9 heteroatoms. The van der Waals surface area contributed by atoms with Crippen LogP contribution in [0.5, 0.6) is 11.5 Å². The number of carbonyl (C=O) groups is 3. The van der Waals surface area contributed by atoms with Crippen LogP contribution in [0.2, 0.25) is 5.02 Å². The Kier molecular flexibility index (Phi) is 9.81. The number of methoxy groups -OCH3 is 3. The molecular formula is C23H27ClN2O6. The van der Waals surface area contributed by atoms with Gasteiger partial charge in [0, 0.05) is 36.2 Å². The summed E-state index contributed by atoms with van der Waals surface area (Å²) in [4.78, 5) is 38.2. The first-order valence-corrected chi connectivity index (χ1v) is 10.3. The molecule has 0 fully saturated rings. The molecule has 0 aliphatic heterocycles. The van der Waals surface area contributed by atoms with Gasteiger partial charge in [0.2, 0.25) is 5.91 Å². The third-order valence-electron chi connectivity index (χ3n) is 4.64. The highest BCUT2D eigenvalue weighted by molar-refractivity contribution is 6.30. The Bertz CT molecular complexity index is 910. The largest absolute Gasteiger partial charge is 0.497 e. The summed E-state index contributed by atoms with van der Waals surface area (Å²) in [6.45, 7) is 0.302. The predicted octanol–water partition coefficient (Wildman–Crippen LogP) is 3.07. The summed E-state index contributed by atoms with van der Waals surface area (Å²) < 4.78 is 15.3. The molecule has 0 bridgehead atoms. The minimum atomic E-state index is -0.524. The van der Waals surface area contributed by atoms with E-state index in [2.05, 4.69) is 5.32 Å². The number of hydrogen-bond acceptors (Lipinski definition) is 6. The maximum absolute atomic E-state index is 12.8. The van der Waals surface area contributed by atoms with Gasteiger partial charge in [-0.05, 0) is 48.4 Å². The summed E-state index contributed by atoms with van der Waals surface area (Å²) in [7, 11) is 4.34. The summed E-state index contributed by atoms with van der Waals surface area (Å²) in [5.41, 5.74) is 1.23. The van der Waals surface area contributed by atoms with Gasteiger partial charge in [0.1, 0.15) is 18.0 Å². The van der Waals surface area contributed by atoms with Crippen LogP contribution in [-0.2, 0) is 20.9 Å². The highest BCUT2D eigenvalue weighted by atomic mass is 35.5. The highest BCUT2D eigenvalue weighted by Gasteiger charge is 2.19. The van der Waals surface area contributed by atoms with Crippen molar-refractivity contribution in [2.24, 2.45) is 0 Å². The maximum atomic E-state index is 12.8. The molecule has 0 aliphatic rings. The second-order valence-electron chi connectivity index (χ2n) is 6.91. The van der Waals surface area contributed by atoms with Gasteiger partial charge in [0.15, 0.2) is 0 Å². The average Bonchev–Trinajstić information content (AvgIpc) is 2.81. The van der Waals surface area contributed by atoms with E-state index in [4.69, 9.17) is 25.8 Å². The lowest BCUT2D eigenvalue weighted by Crippen LogP contribution is -2.36. The Labute approximate surface area is 192 Å². The van der Waals surface area contributed by atoms with E-state index in [1.807, 2.05) is 0 Å². The lowest BCUT2D eigenvalue weighted by atomic mass is 10.1. The molecule has 0 aromatic heterocycles. The summed E-state index contributed by atoms with van der Waals surface area (Å²) in [6.07, 6.45) is 0.566. The number of esters is 1. The zero-order valence-electron chi connectivity index (χ0n) is 18.4. The summed E-state index contributed by atoms with van der Waals surface area (Å²) in [5, 5.41) is 3.31. The van der Waals surface area contributed by atoms with Gasteiger partial charge in [-0.25, -0.2) is 0 Å². The minimum absolute atomic E-state index is 0.152. The van der Waals surface area contributed by atoms with Crippen LogP contribution in [0.4, 0.5) is 0 Å². The van der Waals surface area contributed by atoms with Gasteiger partial charge in [-0.15, -0.1) is 0 Å². The molecule has 32 heavy (non-hydrogen) atoms. The van der Waals surface area contributed by atoms with Gasteiger partial charge in [0.05, 0.1) is 21.3 Å². The van der Waals surface area contributed by atoms with E-state index in [1.165, 1.54) is 26.2 Å². The van der Waals surface area contributed by atoms with Crippen molar-refractivity contribution in [3.05, 3.63) is 58.6 Å². The van der Waals surface area contributed by atoms with Crippen molar-refractivity contribution in [2.45, 2.75) is 19.4 Å². The maximum Gasteiger partial charge on any atom is 0.325 e. The van der Waals surface area contributed by atoms with Crippen LogP contribution in [0.3, 0.4) is 0 Å². The molecule has 0 saturated carbocycles. The van der Waals surface area contributed by atoms with Gasteiger partial charge >= 0.3 is 5.97 Å². The minimum Gasteiger partial charge on any atom is -0.497 e. The van der Waals surface area contributed by atoms with Crippen LogP contribution in [-0.4, -0.2) is 57.1 Å². The number of amides is 2. The van der Waals surface area contributed by atoms with Crippen molar-refractivity contribution < 1.29 is 28.6 Å². The second-order valence-corrected chi connectivity index (χ2v) is 7.35. The molecule has 0 heterocycles. The quantitative estimate of drug-likeness (QED) is 0.407. The van der Waals surface area contributed by atoms with Gasteiger partial charge in [-0.1, -0.05) is 11.6 Å². The van der Waals surface area contributed by atoms with Crippen LogP contribution >= 0.6 is 11.6 Å². The molecule has 0 aliphatic carbocycles. The number of nitrogens with one attached hydrogen (secondary N) is 1. The van der Waals surface area contributed by atoms with E-state index in [9.17, 15) is 14.4 Å². The smallest absolute Gasteiger partial charge is 0.325 e. The summed E-state index contributed by atoms with van der Waals surface area (Å²) >= 11 is 5.83. The van der Waals surface area contributed by atoms with E-state index >= 15 is 0 Å². The zero-order chi connectivity index (χ0) is 23.5. The molecule has 0 atom stereocenters. The third kappa shape index (κ3) is 7.77. The van der Waals surface area contributed by atoms with Gasteiger partial charge in [-0.3, -0.25) is 14.4 Å². The Hall–Kier alpha value is -3.26. The predicted molar refractivity (Wildman–Crippen MR) is 120 cm³/mol. The third-order valence-corrected chi connectivity index (χ3v) is 4.90. The Morgan fingerprint density at radius 3 is 2.16 bits per heavy atom. The Morgan fingerprint density at radius 2 is 1.59 bits per heavy atom. The fourth-order valence-corrected chi connectivity index (χ4v) is 3.06. The molecule has 0 saturated heterocycles. The molecule has 0 unspecified atom stereocenters. The lowest BCUT2D eigenvalue weighted by Gasteiger charge is -2.22. The number of ether oxygens (including phenoxy) is 3. The fraction of sp³-hybridized carbons (Fsp3) is 0.348. The topological polar surface area (TPSA) is 94.2 Å². The molecule has 0 radical (unpaired) electrons. The van der Waals surface area contributed by atoms with Crippen LogP contribution in [0.25, 0.3) is 0 Å². The van der Waals surface area contributed by atoms with Crippen molar-refractivity contribution in [3.63, 3.8) is 0 Å². The molecule has 172 valence electrons. The molecule has 0 spiro atoms. The van der Waals surface area contributed by atoms with Crippen molar-refractivity contribution in [1.82, 2.24) is 10.2 Å². The highest BCUT2D eigenvalue weighted by Crippen LogP contribution is 2.23. The van der Waals surface area contributed by atoms with Crippen molar-refractivity contribution in [2.75, 3.05) is 34.4 Å². The standard InChI is InChI=1S/C23H27ClN2O6/c1-30-19-11-16(12-20(13-19)31-2)14-26(15-22(28)32-3)21(27)5-4-10-25-23(29)17-6-8-18(24)9-7-17/h6-9,11-13H,4-5,10,14-15H2,1-3H3,(H,25,29). The number of rotatable bonds is 11. The van der Waals surface area contributed by atoms with Crippen LogP contribution in [0, 0.1) is 0 Å². The Balaban J connectivity index is 1.96. The van der Waals surface area contributed by atoms with Crippen molar-refractivity contribution in [3.8, 4) is 11.5 Å². The lowest BCUT2D eigenvalue weighted by molar-refractivity contribution is -0.147. The fourth-order valence-electron chi connectivity index (χ4n) is 2.93. The monoisotopic (exact) mass is 462 g/mol. The number of halogens is 1. The summed E-state index contributed by atoms with van der Waals surface area (Å²) in [6, 6.07) is 11.8. The first-order chi connectivity index (χ1) is 15.4. The van der Waals surface area contributed by atoms with E-state index in [0.717, 1.165) is 5.56 Å². The van der Waals surface area contributed by atoms with E-state index < -0.39 is 5.97 Å². The van der Waals surface area contributed by atoms with Gasteiger partial charge in [0.25, 0.3) is 5.91 Å². The first-order valence-electron chi connectivity index (χ1n) is 9.96. The molecule has 2 aromatic rings. The van der Waals surface area contributed by atoms with Gasteiger partial charge < -0.3 is 24.4 Å². The number of carbonyl (C=O) groups excluding carboxylic acids is 3. The van der Waals surface area contributed by atoms with Crippen LogP contribution < -0.4 is 14.8 Å². The van der Waals surface area contributed by atoms with Crippen molar-refractivity contribution in [1.29, 1.82) is 0 Å². The number of nitrogens with zero attached hydrogens (tertiary/aromatic N) is 1. The molecular weight excluding hydrogens is 436 g/mol. The van der Waals surface area contributed by atoms with E-state index in [0.29, 0.717) is 35.1 Å². The SMILES string of the molecule is COC(=O)CN(Cc1cc(OC)cc(OC)c1)C(=O)CCCNC(=O)c1ccc(Cl)cc1. The van der Waals surface area contributed by atoms with Gasteiger partial charge in [-0.2, -0.15) is 0 Å². The molecule has 8 nitrogen and oxygen atoms in total. The average molecular weight is 463 g/mol. The normalized spacial score (nSPS) is 10.2. The van der Waals surface area contributed by atoms with Crippen molar-refractivity contribution >= 4 is 29.4 Å². The second kappa shape index (κ2) is 12.6. The molecule has 2 amide bonds. The molecule has 1 N–H and O–H groups in total. The Morgan fingerprint density at radius 1 is 0.969 bits per heavy atom. The number of benzene rings is 2. The first kappa shape index (κ1) is 25.0. The van der Waals surface area contributed by atoms with Crippen LogP contribution in [0.15, 0.2) is 42.5 Å². The number of hydrogen-bond donors (Lipinski definition) is 1. The summed E-state index contributed by atoms with van der Waals surface area (Å²) in [5.74, 6) is 0.149.